The van der Waals surface area contributed by atoms with Crippen molar-refractivity contribution in [2.75, 3.05) is 16.4 Å². The molecule has 1 aliphatic rings. The second kappa shape index (κ2) is 14.6. The van der Waals surface area contributed by atoms with Gasteiger partial charge in [-0.15, -0.1) is 11.8 Å². The fourth-order valence-electron chi connectivity index (χ4n) is 5.05. The van der Waals surface area contributed by atoms with E-state index in [1.807, 2.05) is 31.2 Å². The van der Waals surface area contributed by atoms with Crippen LogP contribution in [0.1, 0.15) is 53.3 Å². The number of thioether (sulfide) groups is 1. The average Bonchev–Trinajstić information content (AvgIpc) is 3.07. The largest absolute Gasteiger partial charge is 0.392 e. The summed E-state index contributed by atoms with van der Waals surface area (Å²) in [4.78, 5) is 24.8. The molecule has 0 aromatic heterocycles. The molecule has 0 unspecified atom stereocenters. The smallest absolute Gasteiger partial charge is 0.261 e. The van der Waals surface area contributed by atoms with Gasteiger partial charge in [-0.3, -0.25) is 9.59 Å². The van der Waals surface area contributed by atoms with E-state index in [2.05, 4.69) is 10.6 Å². The third-order valence-corrected chi connectivity index (χ3v) is 8.69. The lowest BCUT2D eigenvalue weighted by Gasteiger charge is -2.41. The molecule has 0 saturated carbocycles. The molecule has 1 fully saturated rings. The van der Waals surface area contributed by atoms with Crippen molar-refractivity contribution in [3.63, 3.8) is 0 Å². The number of aliphatic hydroxyl groups is 1. The van der Waals surface area contributed by atoms with Crippen molar-refractivity contribution < 1.29 is 46.1 Å². The highest BCUT2D eigenvalue weighted by molar-refractivity contribution is 7.99. The van der Waals surface area contributed by atoms with Gasteiger partial charge in [-0.1, -0.05) is 43.3 Å². The Morgan fingerprint density at radius 1 is 0.745 bits per heavy atom. The number of hydrogen-bond donors (Lipinski definition) is 3. The summed E-state index contributed by atoms with van der Waals surface area (Å²) >= 11 is 1.56. The Kier molecular flexibility index (Phi) is 10.6. The van der Waals surface area contributed by atoms with Crippen molar-refractivity contribution in [3.05, 3.63) is 124 Å². The first-order valence-electron chi connectivity index (χ1n) is 14.4. The molecule has 7 nitrogen and oxygen atoms in total. The van der Waals surface area contributed by atoms with Crippen LogP contribution in [0.25, 0.3) is 0 Å². The highest BCUT2D eigenvalue weighted by Crippen LogP contribution is 2.43. The first kappa shape index (κ1) is 34.0. The summed E-state index contributed by atoms with van der Waals surface area (Å²) in [5, 5.41) is 14.4. The van der Waals surface area contributed by atoms with E-state index >= 15 is 0 Å². The van der Waals surface area contributed by atoms with Crippen molar-refractivity contribution in [1.82, 2.24) is 0 Å². The average molecular weight is 673 g/mol. The summed E-state index contributed by atoms with van der Waals surface area (Å²) in [5.41, 5.74) is 1.25. The minimum atomic E-state index is -2.36. The van der Waals surface area contributed by atoms with Gasteiger partial charge in [0.1, 0.15) is 5.56 Å². The number of carbonyl (C=O) groups is 2. The van der Waals surface area contributed by atoms with Crippen LogP contribution in [0, 0.1) is 35.0 Å². The molecule has 5 rings (SSSR count). The molecule has 0 bridgehead atoms. The van der Waals surface area contributed by atoms with Gasteiger partial charge in [-0.05, 0) is 47.5 Å². The van der Waals surface area contributed by atoms with Crippen molar-refractivity contribution in [2.24, 2.45) is 5.92 Å². The van der Waals surface area contributed by atoms with Gasteiger partial charge >= 0.3 is 0 Å². The third kappa shape index (κ3) is 7.65. The molecular weight excluding hydrogens is 643 g/mol. The monoisotopic (exact) mass is 672 g/mol. The fourth-order valence-corrected chi connectivity index (χ4v) is 6.11. The van der Waals surface area contributed by atoms with Gasteiger partial charge in [0.2, 0.25) is 11.7 Å². The second-order valence-corrected chi connectivity index (χ2v) is 12.0. The maximum Gasteiger partial charge on any atom is 0.261 e. The lowest BCUT2D eigenvalue weighted by molar-refractivity contribution is -0.268. The number of halogens is 5. The van der Waals surface area contributed by atoms with Crippen LogP contribution in [0.3, 0.4) is 0 Å². The molecule has 4 aromatic carbocycles. The highest BCUT2D eigenvalue weighted by Gasteiger charge is 2.38. The van der Waals surface area contributed by atoms with Crippen molar-refractivity contribution >= 4 is 35.0 Å². The van der Waals surface area contributed by atoms with Gasteiger partial charge in [0.15, 0.2) is 29.6 Å². The zero-order valence-corrected chi connectivity index (χ0v) is 25.8. The highest BCUT2D eigenvalue weighted by atomic mass is 32.2. The van der Waals surface area contributed by atoms with E-state index in [1.54, 1.807) is 48.2 Å². The molecule has 3 N–H and O–H groups in total. The number of aliphatic hydroxyl groups excluding tert-OH is 1. The van der Waals surface area contributed by atoms with Crippen molar-refractivity contribution in [1.29, 1.82) is 0 Å². The van der Waals surface area contributed by atoms with Gasteiger partial charge < -0.3 is 25.2 Å². The van der Waals surface area contributed by atoms with Gasteiger partial charge in [0.05, 0.1) is 18.8 Å². The SMILES string of the molecule is CC(=O)Nc1ccc(SC[C@@H]2O[C@H](c3ccc(NC(=O)c4c(F)c(F)c(F)c(F)c4F)cc3)O[C@H](c3ccc(CO)cc3)[C@@H]2C)cc1. The normalized spacial score (nSPS) is 19.3. The quantitative estimate of drug-likeness (QED) is 0.0731. The van der Waals surface area contributed by atoms with Crippen LogP contribution in [0.5, 0.6) is 0 Å². The minimum Gasteiger partial charge on any atom is -0.392 e. The van der Waals surface area contributed by atoms with E-state index in [9.17, 15) is 36.6 Å². The number of hydrogen-bond acceptors (Lipinski definition) is 6. The Labute approximate surface area is 271 Å². The van der Waals surface area contributed by atoms with Gasteiger partial charge in [-0.2, -0.15) is 0 Å². The van der Waals surface area contributed by atoms with E-state index in [1.165, 1.54) is 19.1 Å². The number of rotatable bonds is 9. The maximum atomic E-state index is 14.1. The predicted octanol–water partition coefficient (Wildman–Crippen LogP) is 7.67. The molecule has 4 atom stereocenters. The molecule has 47 heavy (non-hydrogen) atoms. The van der Waals surface area contributed by atoms with Gasteiger partial charge in [0.25, 0.3) is 5.91 Å². The third-order valence-electron chi connectivity index (χ3n) is 7.59. The maximum absolute atomic E-state index is 14.1. The number of carbonyl (C=O) groups excluding carboxylic acids is 2. The van der Waals surface area contributed by atoms with Crippen LogP contribution in [0.4, 0.5) is 33.3 Å². The Morgan fingerprint density at radius 2 is 1.28 bits per heavy atom. The topological polar surface area (TPSA) is 96.9 Å². The van der Waals surface area contributed by atoms with Crippen molar-refractivity contribution in [2.45, 2.75) is 43.8 Å². The van der Waals surface area contributed by atoms with Crippen LogP contribution in [-0.2, 0) is 20.9 Å². The van der Waals surface area contributed by atoms with Crippen LogP contribution in [0.15, 0.2) is 77.7 Å². The van der Waals surface area contributed by atoms with Crippen LogP contribution < -0.4 is 10.6 Å². The molecule has 1 aliphatic heterocycles. The van der Waals surface area contributed by atoms with Gasteiger partial charge in [-0.25, -0.2) is 22.0 Å². The lowest BCUT2D eigenvalue weighted by Crippen LogP contribution is -2.38. The molecule has 4 aromatic rings. The Hall–Kier alpha value is -4.30. The fraction of sp³-hybridized carbons (Fsp3) is 0.235. The first-order valence-corrected chi connectivity index (χ1v) is 15.4. The first-order chi connectivity index (χ1) is 22.5. The van der Waals surface area contributed by atoms with E-state index in [0.717, 1.165) is 16.0 Å². The molecule has 0 spiro atoms. The molecule has 0 radical (unpaired) electrons. The van der Waals surface area contributed by atoms with Crippen LogP contribution in [0.2, 0.25) is 0 Å². The van der Waals surface area contributed by atoms with E-state index in [4.69, 9.17) is 9.47 Å². The Bertz CT molecular complexity index is 1730. The number of nitrogens with one attached hydrogen (secondary N) is 2. The molecule has 13 heteroatoms. The minimum absolute atomic E-state index is 0.0258. The van der Waals surface area contributed by atoms with Crippen molar-refractivity contribution in [3.8, 4) is 0 Å². The summed E-state index contributed by atoms with van der Waals surface area (Å²) in [6.45, 7) is 3.32. The summed E-state index contributed by atoms with van der Waals surface area (Å²) < 4.78 is 81.7. The molecule has 0 aliphatic carbocycles. The zero-order valence-electron chi connectivity index (χ0n) is 25.0. The Balaban J connectivity index is 1.35. The number of ether oxygens (including phenoxy) is 2. The molecule has 1 saturated heterocycles. The zero-order chi connectivity index (χ0) is 33.8. The van der Waals surface area contributed by atoms with Gasteiger partial charge in [0, 0.05) is 40.4 Å². The number of anilines is 2. The van der Waals surface area contributed by atoms with E-state index < -0.39 is 53.0 Å². The Morgan fingerprint density at radius 3 is 1.85 bits per heavy atom. The van der Waals surface area contributed by atoms with E-state index in [0.29, 0.717) is 17.0 Å². The predicted molar refractivity (Wildman–Crippen MR) is 165 cm³/mol. The molecule has 246 valence electrons. The summed E-state index contributed by atoms with van der Waals surface area (Å²) in [5.74, 6) is -12.5. The van der Waals surface area contributed by atoms with Crippen LogP contribution in [-0.4, -0.2) is 28.8 Å². The molecular formula is C34H29F5N2O5S. The molecule has 2 amide bonds. The number of benzene rings is 4. The van der Waals surface area contributed by atoms with Crippen LogP contribution >= 0.6 is 11.8 Å². The second-order valence-electron chi connectivity index (χ2n) is 10.9. The summed E-state index contributed by atoms with van der Waals surface area (Å²) in [6.07, 6.45) is -1.60. The molecule has 1 heterocycles. The summed E-state index contributed by atoms with van der Waals surface area (Å²) in [7, 11) is 0. The summed E-state index contributed by atoms with van der Waals surface area (Å²) in [6, 6.07) is 20.6. The van der Waals surface area contributed by atoms with E-state index in [-0.39, 0.29) is 30.2 Å². The lowest BCUT2D eigenvalue weighted by atomic mass is 9.91. The number of amides is 2. The standard InChI is InChI=1S/C34H29F5N2O5S/c1-17-25(16-47-24-13-11-22(12-14-24)40-18(2)43)45-34(46-32(17)20-5-3-19(15-42)4-6-20)21-7-9-23(10-8-21)41-33(44)26-27(35)29(37)31(39)30(38)28(26)36/h3-14,17,25,32,34,42H,15-16H2,1-2H3,(H,40,43)(H,41,44)/t17-,25+,32+,34+/m1/s1.